The number of piperidine rings is 1. The van der Waals surface area contributed by atoms with E-state index in [0.717, 1.165) is 51.7 Å². The van der Waals surface area contributed by atoms with Gasteiger partial charge in [-0.2, -0.15) is 0 Å². The van der Waals surface area contributed by atoms with E-state index in [1.54, 1.807) is 0 Å². The molecule has 2 fully saturated rings. The highest BCUT2D eigenvalue weighted by atomic mass is 16.1. The third-order valence-electron chi connectivity index (χ3n) is 10.3. The topological polar surface area (TPSA) is 40.6 Å². The molecule has 0 radical (unpaired) electrons. The SMILES string of the molecule is CN1C[C@H](c2ccc(N3CCCCC3)cc2)[C@]2(Cc3ccccc3C2=O)[C@]12C(=O)c1cccc3cccc2c13. The summed E-state index contributed by atoms with van der Waals surface area (Å²) in [5, 5.41) is 2.08. The Morgan fingerprint density at radius 1 is 0.744 bits per heavy atom. The molecule has 8 rings (SSSR count). The van der Waals surface area contributed by atoms with Crippen molar-refractivity contribution in [1.29, 1.82) is 0 Å². The lowest BCUT2D eigenvalue weighted by atomic mass is 9.58. The van der Waals surface area contributed by atoms with Crippen LogP contribution >= 0.6 is 0 Å². The molecule has 2 aliphatic heterocycles. The van der Waals surface area contributed by atoms with Crippen LogP contribution in [0.2, 0.25) is 0 Å². The molecular weight excluding hydrogens is 480 g/mol. The molecule has 4 nitrogen and oxygen atoms in total. The molecule has 0 N–H and O–H groups in total. The van der Waals surface area contributed by atoms with E-state index in [4.69, 9.17) is 0 Å². The number of rotatable bonds is 2. The zero-order chi connectivity index (χ0) is 26.4. The molecule has 2 heterocycles. The van der Waals surface area contributed by atoms with Gasteiger partial charge in [-0.15, -0.1) is 0 Å². The minimum Gasteiger partial charge on any atom is -0.372 e. The summed E-state index contributed by atoms with van der Waals surface area (Å²) in [6.45, 7) is 2.85. The zero-order valence-corrected chi connectivity index (χ0v) is 22.3. The molecule has 194 valence electrons. The average molecular weight is 513 g/mol. The van der Waals surface area contributed by atoms with Crippen LogP contribution in [-0.2, 0) is 12.0 Å². The maximum absolute atomic E-state index is 14.9. The normalized spacial score (nSPS) is 27.8. The number of anilines is 1. The summed E-state index contributed by atoms with van der Waals surface area (Å²) in [5.41, 5.74) is 4.03. The molecule has 2 saturated heterocycles. The molecule has 4 heteroatoms. The molecule has 0 aromatic heterocycles. The molecule has 2 aliphatic carbocycles. The highest BCUT2D eigenvalue weighted by Gasteiger charge is 2.74. The van der Waals surface area contributed by atoms with E-state index < -0.39 is 11.0 Å². The summed E-state index contributed by atoms with van der Waals surface area (Å²) in [5.74, 6) is 0.0856. The van der Waals surface area contributed by atoms with Crippen LogP contribution in [0.4, 0.5) is 5.69 Å². The number of likely N-dealkylation sites (tertiary alicyclic amines) is 1. The fourth-order valence-electron chi connectivity index (χ4n) is 8.68. The predicted octanol–water partition coefficient (Wildman–Crippen LogP) is 6.38. The van der Waals surface area contributed by atoms with Crippen molar-refractivity contribution in [3.8, 4) is 0 Å². The van der Waals surface area contributed by atoms with Gasteiger partial charge < -0.3 is 4.90 Å². The average Bonchev–Trinajstić information content (AvgIpc) is 3.53. The summed E-state index contributed by atoms with van der Waals surface area (Å²) in [7, 11) is 2.06. The number of carbonyl (C=O) groups is 2. The summed E-state index contributed by atoms with van der Waals surface area (Å²) >= 11 is 0. The van der Waals surface area contributed by atoms with Gasteiger partial charge in [0.25, 0.3) is 0 Å². The summed E-state index contributed by atoms with van der Waals surface area (Å²) in [6.07, 6.45) is 4.35. The van der Waals surface area contributed by atoms with Crippen LogP contribution in [0.15, 0.2) is 84.9 Å². The van der Waals surface area contributed by atoms with Crippen LogP contribution in [0.3, 0.4) is 0 Å². The Bertz CT molecular complexity index is 1660. The first-order chi connectivity index (χ1) is 19.1. The number of hydrogen-bond acceptors (Lipinski definition) is 4. The molecule has 39 heavy (non-hydrogen) atoms. The third-order valence-corrected chi connectivity index (χ3v) is 10.3. The number of nitrogens with zero attached hydrogens (tertiary/aromatic N) is 2. The highest BCUT2D eigenvalue weighted by molar-refractivity contribution is 6.24. The van der Waals surface area contributed by atoms with Crippen molar-refractivity contribution >= 4 is 28.0 Å². The number of likely N-dealkylation sites (N-methyl/N-ethyl adjacent to an activating group) is 1. The van der Waals surface area contributed by atoms with Crippen LogP contribution < -0.4 is 4.90 Å². The van der Waals surface area contributed by atoms with Gasteiger partial charge in [0.05, 0.1) is 5.41 Å². The van der Waals surface area contributed by atoms with Gasteiger partial charge in [-0.25, -0.2) is 0 Å². The van der Waals surface area contributed by atoms with Crippen LogP contribution in [0.5, 0.6) is 0 Å². The van der Waals surface area contributed by atoms with Crippen molar-refractivity contribution in [3.05, 3.63) is 113 Å². The van der Waals surface area contributed by atoms with Gasteiger partial charge in [0, 0.05) is 42.4 Å². The fourth-order valence-corrected chi connectivity index (χ4v) is 8.68. The molecule has 3 atom stereocenters. The van der Waals surface area contributed by atoms with Gasteiger partial charge >= 0.3 is 0 Å². The second kappa shape index (κ2) is 8.12. The van der Waals surface area contributed by atoms with Gasteiger partial charge in [0.2, 0.25) is 0 Å². The summed E-state index contributed by atoms with van der Waals surface area (Å²) in [6, 6.07) is 29.2. The third kappa shape index (κ3) is 2.78. The lowest BCUT2D eigenvalue weighted by Crippen LogP contribution is -2.57. The maximum Gasteiger partial charge on any atom is 0.189 e. The molecular formula is C35H32N2O2. The van der Waals surface area contributed by atoms with E-state index in [1.807, 2.05) is 30.3 Å². The quantitative estimate of drug-likeness (QED) is 0.313. The smallest absolute Gasteiger partial charge is 0.189 e. The second-order valence-electron chi connectivity index (χ2n) is 12.0. The van der Waals surface area contributed by atoms with Gasteiger partial charge in [-0.3, -0.25) is 14.5 Å². The number of carbonyl (C=O) groups excluding carboxylic acids is 2. The van der Waals surface area contributed by atoms with Crippen molar-refractivity contribution in [1.82, 2.24) is 4.90 Å². The monoisotopic (exact) mass is 512 g/mol. The first-order valence-corrected chi connectivity index (χ1v) is 14.3. The lowest BCUT2D eigenvalue weighted by molar-refractivity contribution is 0.0342. The molecule has 4 aromatic rings. The summed E-state index contributed by atoms with van der Waals surface area (Å²) in [4.78, 5) is 34.4. The van der Waals surface area contributed by atoms with Gasteiger partial charge in [0.15, 0.2) is 11.6 Å². The summed E-state index contributed by atoms with van der Waals surface area (Å²) < 4.78 is 0. The first-order valence-electron chi connectivity index (χ1n) is 14.3. The van der Waals surface area contributed by atoms with Gasteiger partial charge in [-0.1, -0.05) is 72.8 Å². The molecule has 2 spiro atoms. The van der Waals surface area contributed by atoms with Crippen LogP contribution in [0, 0.1) is 5.41 Å². The number of hydrogen-bond donors (Lipinski definition) is 0. The predicted molar refractivity (Wildman–Crippen MR) is 155 cm³/mol. The Kier molecular flexibility index (Phi) is 4.82. The lowest BCUT2D eigenvalue weighted by Gasteiger charge is -2.44. The van der Waals surface area contributed by atoms with E-state index in [1.165, 1.54) is 24.9 Å². The Labute approximate surface area is 229 Å². The Hall–Kier alpha value is -3.76. The Morgan fingerprint density at radius 2 is 1.46 bits per heavy atom. The molecule has 0 saturated carbocycles. The highest BCUT2D eigenvalue weighted by Crippen LogP contribution is 2.67. The minimum atomic E-state index is -1.04. The number of Topliss-reactive ketones (excluding diaryl/α,β-unsaturated/α-hetero) is 2. The molecule has 4 aliphatic rings. The standard InChI is InChI=1S/C35H32N2O2/c1-36-22-30(23-15-17-26(18-16-23)37-19-5-2-6-20-37)34(21-25-9-3-4-12-27(25)32(34)38)35(36)29-14-8-11-24-10-7-13-28(31(24)29)33(35)39/h3-4,7-18,30H,2,5-6,19-22H2,1H3/t30-,34+,35+/m1/s1. The van der Waals surface area contributed by atoms with Crippen LogP contribution in [-0.4, -0.2) is 43.1 Å². The van der Waals surface area contributed by atoms with E-state index in [0.29, 0.717) is 13.0 Å². The second-order valence-corrected chi connectivity index (χ2v) is 12.0. The van der Waals surface area contributed by atoms with E-state index in [2.05, 4.69) is 71.4 Å². The molecule has 0 unspecified atom stereocenters. The molecule has 0 bridgehead atoms. The number of benzene rings is 4. The molecule has 4 aromatic carbocycles. The Balaban J connectivity index is 1.35. The number of ketones is 2. The fraction of sp³-hybridized carbons (Fsp3) is 0.314. The van der Waals surface area contributed by atoms with Crippen molar-refractivity contribution < 1.29 is 9.59 Å². The number of fused-ring (bicyclic) bond motifs is 3. The minimum absolute atomic E-state index is 0.0744. The van der Waals surface area contributed by atoms with Gasteiger partial charge in [0.1, 0.15) is 5.54 Å². The molecule has 0 amide bonds. The maximum atomic E-state index is 14.9. The van der Waals surface area contributed by atoms with Crippen molar-refractivity contribution in [2.24, 2.45) is 5.41 Å². The van der Waals surface area contributed by atoms with E-state index in [-0.39, 0.29) is 17.5 Å². The van der Waals surface area contributed by atoms with Crippen LogP contribution in [0.25, 0.3) is 10.8 Å². The van der Waals surface area contributed by atoms with Crippen molar-refractivity contribution in [2.75, 3.05) is 31.6 Å². The van der Waals surface area contributed by atoms with E-state index >= 15 is 0 Å². The van der Waals surface area contributed by atoms with Crippen LogP contribution in [0.1, 0.15) is 62.6 Å². The van der Waals surface area contributed by atoms with Gasteiger partial charge in [-0.05, 0) is 72.3 Å². The zero-order valence-electron chi connectivity index (χ0n) is 22.3. The largest absolute Gasteiger partial charge is 0.372 e. The first kappa shape index (κ1) is 23.2. The van der Waals surface area contributed by atoms with E-state index in [9.17, 15) is 9.59 Å². The van der Waals surface area contributed by atoms with Crippen molar-refractivity contribution in [2.45, 2.75) is 37.1 Å². The Morgan fingerprint density at radius 3 is 2.23 bits per heavy atom. The van der Waals surface area contributed by atoms with Crippen molar-refractivity contribution in [3.63, 3.8) is 0 Å².